The lowest BCUT2D eigenvalue weighted by molar-refractivity contribution is -0.148. The molecule has 0 atom stereocenters. The van der Waals surface area contributed by atoms with E-state index in [9.17, 15) is 4.79 Å². The standard InChI is InChI=1S/C10H18O3/c1-10(2,9(11)12)5-6-13-7-8-3-4-8/h8H,3-7H2,1-2H3,(H,11,12). The topological polar surface area (TPSA) is 46.5 Å². The molecule has 0 aromatic heterocycles. The third-order valence-electron chi connectivity index (χ3n) is 2.50. The third-order valence-corrected chi connectivity index (χ3v) is 2.50. The van der Waals surface area contributed by atoms with Crippen LogP contribution in [0.4, 0.5) is 0 Å². The fourth-order valence-corrected chi connectivity index (χ4v) is 0.969. The number of carboxylic acids is 1. The first-order valence-corrected chi connectivity index (χ1v) is 4.83. The van der Waals surface area contributed by atoms with Crippen molar-refractivity contribution >= 4 is 5.97 Å². The number of rotatable bonds is 6. The summed E-state index contributed by atoms with van der Waals surface area (Å²) in [7, 11) is 0. The van der Waals surface area contributed by atoms with Crippen molar-refractivity contribution in [2.75, 3.05) is 13.2 Å². The van der Waals surface area contributed by atoms with Gasteiger partial charge in [-0.2, -0.15) is 0 Å². The van der Waals surface area contributed by atoms with Gasteiger partial charge < -0.3 is 9.84 Å². The Morgan fingerprint density at radius 3 is 2.62 bits per heavy atom. The maximum atomic E-state index is 10.7. The molecule has 1 N–H and O–H groups in total. The summed E-state index contributed by atoms with van der Waals surface area (Å²) in [4.78, 5) is 10.7. The Morgan fingerprint density at radius 2 is 2.15 bits per heavy atom. The number of carboxylic acid groups (broad SMARTS) is 1. The van der Waals surface area contributed by atoms with E-state index in [0.717, 1.165) is 12.5 Å². The highest BCUT2D eigenvalue weighted by Crippen LogP contribution is 2.29. The quantitative estimate of drug-likeness (QED) is 0.644. The van der Waals surface area contributed by atoms with Crippen molar-refractivity contribution in [3.05, 3.63) is 0 Å². The lowest BCUT2D eigenvalue weighted by atomic mass is 9.90. The molecule has 13 heavy (non-hydrogen) atoms. The summed E-state index contributed by atoms with van der Waals surface area (Å²) in [6.07, 6.45) is 3.15. The number of aliphatic carboxylic acids is 1. The van der Waals surface area contributed by atoms with Crippen LogP contribution in [0.1, 0.15) is 33.1 Å². The van der Waals surface area contributed by atoms with Crippen molar-refractivity contribution < 1.29 is 14.6 Å². The average Bonchev–Trinajstić information content (AvgIpc) is 2.81. The first-order valence-electron chi connectivity index (χ1n) is 4.83. The molecule has 0 aromatic rings. The van der Waals surface area contributed by atoms with Crippen LogP contribution in [0.2, 0.25) is 0 Å². The maximum Gasteiger partial charge on any atom is 0.309 e. The molecule has 1 fully saturated rings. The van der Waals surface area contributed by atoms with Crippen LogP contribution in [-0.2, 0) is 9.53 Å². The van der Waals surface area contributed by atoms with Crippen LogP contribution in [0.15, 0.2) is 0 Å². The Hall–Kier alpha value is -0.570. The molecule has 0 heterocycles. The average molecular weight is 186 g/mol. The normalized spacial score (nSPS) is 17.4. The van der Waals surface area contributed by atoms with Crippen LogP contribution in [0.25, 0.3) is 0 Å². The van der Waals surface area contributed by atoms with Gasteiger partial charge in [0.15, 0.2) is 0 Å². The summed E-state index contributed by atoms with van der Waals surface area (Å²) in [5.41, 5.74) is -0.649. The van der Waals surface area contributed by atoms with Gasteiger partial charge in [-0.15, -0.1) is 0 Å². The van der Waals surface area contributed by atoms with Crippen molar-refractivity contribution in [2.24, 2.45) is 11.3 Å². The monoisotopic (exact) mass is 186 g/mol. The van der Waals surface area contributed by atoms with E-state index in [4.69, 9.17) is 9.84 Å². The van der Waals surface area contributed by atoms with E-state index in [1.165, 1.54) is 12.8 Å². The molecule has 1 rings (SSSR count). The third kappa shape index (κ3) is 3.77. The van der Waals surface area contributed by atoms with Gasteiger partial charge in [-0.3, -0.25) is 4.79 Å². The summed E-state index contributed by atoms with van der Waals surface area (Å²) < 4.78 is 5.38. The van der Waals surface area contributed by atoms with Crippen LogP contribution in [0, 0.1) is 11.3 Å². The smallest absolute Gasteiger partial charge is 0.309 e. The first-order chi connectivity index (χ1) is 6.02. The van der Waals surface area contributed by atoms with Gasteiger partial charge in [0.05, 0.1) is 5.41 Å². The predicted molar refractivity (Wildman–Crippen MR) is 49.6 cm³/mol. The van der Waals surface area contributed by atoms with E-state index in [1.54, 1.807) is 13.8 Å². The summed E-state index contributed by atoms with van der Waals surface area (Å²) >= 11 is 0. The van der Waals surface area contributed by atoms with Crippen molar-refractivity contribution in [1.29, 1.82) is 0 Å². The van der Waals surface area contributed by atoms with E-state index in [-0.39, 0.29) is 0 Å². The summed E-state index contributed by atoms with van der Waals surface area (Å²) in [6, 6.07) is 0. The number of hydrogen-bond acceptors (Lipinski definition) is 2. The molecule has 1 aliphatic carbocycles. The minimum absolute atomic E-state index is 0.565. The molecule has 0 spiro atoms. The van der Waals surface area contributed by atoms with Crippen LogP contribution < -0.4 is 0 Å². The molecule has 0 amide bonds. The highest BCUT2D eigenvalue weighted by atomic mass is 16.5. The Morgan fingerprint density at radius 1 is 1.54 bits per heavy atom. The molecule has 0 unspecified atom stereocenters. The molecule has 0 aromatic carbocycles. The molecule has 3 nitrogen and oxygen atoms in total. The summed E-state index contributed by atoms with van der Waals surface area (Å²) in [5, 5.41) is 8.81. The van der Waals surface area contributed by atoms with E-state index < -0.39 is 11.4 Å². The van der Waals surface area contributed by atoms with E-state index >= 15 is 0 Å². The van der Waals surface area contributed by atoms with Gasteiger partial charge in [0.25, 0.3) is 0 Å². The zero-order valence-electron chi connectivity index (χ0n) is 8.38. The fraction of sp³-hybridized carbons (Fsp3) is 0.900. The first kappa shape index (κ1) is 10.5. The lowest BCUT2D eigenvalue weighted by Gasteiger charge is -2.18. The molecule has 76 valence electrons. The summed E-state index contributed by atoms with van der Waals surface area (Å²) in [6.45, 7) is 4.84. The Kier molecular flexibility index (Phi) is 3.31. The van der Waals surface area contributed by atoms with Gasteiger partial charge in [0.1, 0.15) is 0 Å². The molecular weight excluding hydrogens is 168 g/mol. The fourth-order valence-electron chi connectivity index (χ4n) is 0.969. The number of ether oxygens (including phenoxy) is 1. The van der Waals surface area contributed by atoms with Crippen LogP contribution in [0.5, 0.6) is 0 Å². The Labute approximate surface area is 79.1 Å². The van der Waals surface area contributed by atoms with Gasteiger partial charge in [0.2, 0.25) is 0 Å². The number of hydrogen-bond donors (Lipinski definition) is 1. The van der Waals surface area contributed by atoms with Crippen molar-refractivity contribution in [2.45, 2.75) is 33.1 Å². The van der Waals surface area contributed by atoms with Gasteiger partial charge in [-0.05, 0) is 39.0 Å². The zero-order chi connectivity index (χ0) is 9.90. The van der Waals surface area contributed by atoms with Crippen LogP contribution >= 0.6 is 0 Å². The predicted octanol–water partition coefficient (Wildman–Crippen LogP) is 1.91. The Balaban J connectivity index is 2.05. The molecule has 0 radical (unpaired) electrons. The molecule has 0 aliphatic heterocycles. The van der Waals surface area contributed by atoms with E-state index in [1.807, 2.05) is 0 Å². The maximum absolute atomic E-state index is 10.7. The lowest BCUT2D eigenvalue weighted by Crippen LogP contribution is -2.25. The SMILES string of the molecule is CC(C)(CCOCC1CC1)C(=O)O. The van der Waals surface area contributed by atoms with Crippen molar-refractivity contribution in [3.63, 3.8) is 0 Å². The molecular formula is C10H18O3. The van der Waals surface area contributed by atoms with Crippen LogP contribution in [-0.4, -0.2) is 24.3 Å². The van der Waals surface area contributed by atoms with Crippen LogP contribution in [0.3, 0.4) is 0 Å². The van der Waals surface area contributed by atoms with E-state index in [2.05, 4.69) is 0 Å². The van der Waals surface area contributed by atoms with Gasteiger partial charge in [0, 0.05) is 13.2 Å². The number of carbonyl (C=O) groups is 1. The molecule has 0 bridgehead atoms. The molecule has 3 heteroatoms. The van der Waals surface area contributed by atoms with E-state index in [0.29, 0.717) is 13.0 Å². The minimum atomic E-state index is -0.748. The second kappa shape index (κ2) is 4.09. The van der Waals surface area contributed by atoms with Gasteiger partial charge >= 0.3 is 5.97 Å². The highest BCUT2D eigenvalue weighted by Gasteiger charge is 2.27. The summed E-state index contributed by atoms with van der Waals surface area (Å²) in [5.74, 6) is 0.00969. The minimum Gasteiger partial charge on any atom is -0.481 e. The largest absolute Gasteiger partial charge is 0.481 e. The zero-order valence-corrected chi connectivity index (χ0v) is 8.38. The van der Waals surface area contributed by atoms with Gasteiger partial charge in [-0.1, -0.05) is 0 Å². The van der Waals surface area contributed by atoms with Gasteiger partial charge in [-0.25, -0.2) is 0 Å². The molecule has 1 saturated carbocycles. The second-order valence-corrected chi connectivity index (χ2v) is 4.46. The Bertz CT molecular complexity index is 183. The highest BCUT2D eigenvalue weighted by molar-refractivity contribution is 5.73. The van der Waals surface area contributed by atoms with Crippen molar-refractivity contribution in [1.82, 2.24) is 0 Å². The second-order valence-electron chi connectivity index (χ2n) is 4.46. The molecule has 0 saturated heterocycles. The molecule has 1 aliphatic rings. The van der Waals surface area contributed by atoms with Crippen molar-refractivity contribution in [3.8, 4) is 0 Å².